The van der Waals surface area contributed by atoms with Crippen molar-refractivity contribution in [3.05, 3.63) is 29.8 Å². The van der Waals surface area contributed by atoms with Crippen LogP contribution in [-0.4, -0.2) is 39.8 Å². The summed E-state index contributed by atoms with van der Waals surface area (Å²) in [5.74, 6) is -1.12. The number of hydrogen-bond donors (Lipinski definition) is 2. The van der Waals surface area contributed by atoms with Crippen molar-refractivity contribution in [1.29, 1.82) is 0 Å². The van der Waals surface area contributed by atoms with Crippen LogP contribution in [0.1, 0.15) is 10.4 Å². The molecule has 1 aromatic carbocycles. The van der Waals surface area contributed by atoms with Gasteiger partial charge in [0.05, 0.1) is 23.7 Å². The zero-order valence-corrected chi connectivity index (χ0v) is 10.4. The lowest BCUT2D eigenvalue weighted by Crippen LogP contribution is -2.25. The summed E-state index contributed by atoms with van der Waals surface area (Å²) in [5, 5.41) is 8.68. The van der Waals surface area contributed by atoms with Crippen LogP contribution in [0.15, 0.2) is 29.2 Å². The largest absolute Gasteiger partial charge is 0.478 e. The molecule has 0 heterocycles. The molecule has 8 heteroatoms. The van der Waals surface area contributed by atoms with E-state index in [0.29, 0.717) is 0 Å². The Labute approximate surface area is 104 Å². The van der Waals surface area contributed by atoms with E-state index in [9.17, 15) is 13.2 Å². The van der Waals surface area contributed by atoms with Gasteiger partial charge < -0.3 is 9.84 Å². The number of carboxylic acids is 1. The van der Waals surface area contributed by atoms with Gasteiger partial charge in [0.25, 0.3) is 10.0 Å². The van der Waals surface area contributed by atoms with Crippen LogP contribution in [0.25, 0.3) is 0 Å². The molecule has 0 saturated carbocycles. The third-order valence-electron chi connectivity index (χ3n) is 1.97. The van der Waals surface area contributed by atoms with Crippen molar-refractivity contribution < 1.29 is 27.9 Å². The molecule has 100 valence electrons. The highest BCUT2D eigenvalue weighted by Crippen LogP contribution is 2.10. The van der Waals surface area contributed by atoms with Gasteiger partial charge in [-0.25, -0.2) is 13.2 Å². The molecule has 1 aromatic rings. The molecule has 7 nitrogen and oxygen atoms in total. The highest BCUT2D eigenvalue weighted by Gasteiger charge is 2.14. The SMILES string of the molecule is COCCONS(=O)(=O)c1ccc(C(=O)O)cc1. The molecule has 0 aliphatic carbocycles. The first-order valence-corrected chi connectivity index (χ1v) is 6.41. The summed E-state index contributed by atoms with van der Waals surface area (Å²) in [6, 6.07) is 4.77. The fraction of sp³-hybridized carbons (Fsp3) is 0.300. The van der Waals surface area contributed by atoms with E-state index in [4.69, 9.17) is 9.94 Å². The highest BCUT2D eigenvalue weighted by atomic mass is 32.2. The van der Waals surface area contributed by atoms with Gasteiger partial charge >= 0.3 is 5.97 Å². The summed E-state index contributed by atoms with van der Waals surface area (Å²) < 4.78 is 28.0. The maximum absolute atomic E-state index is 11.7. The molecule has 0 aliphatic rings. The van der Waals surface area contributed by atoms with Crippen LogP contribution in [0.4, 0.5) is 0 Å². The zero-order valence-electron chi connectivity index (χ0n) is 9.62. The van der Waals surface area contributed by atoms with Crippen LogP contribution in [0.5, 0.6) is 0 Å². The molecule has 0 spiro atoms. The molecule has 2 N–H and O–H groups in total. The minimum atomic E-state index is -3.80. The van der Waals surface area contributed by atoms with Crippen molar-refractivity contribution in [1.82, 2.24) is 4.89 Å². The van der Waals surface area contributed by atoms with E-state index in [2.05, 4.69) is 4.74 Å². The Morgan fingerprint density at radius 1 is 1.28 bits per heavy atom. The number of benzene rings is 1. The number of methoxy groups -OCH3 is 1. The standard InChI is InChI=1S/C10H13NO6S/c1-16-6-7-17-11-18(14,15)9-4-2-8(3-5-9)10(12)13/h2-5,11H,6-7H2,1H3,(H,12,13). The van der Waals surface area contributed by atoms with Gasteiger partial charge in [0.15, 0.2) is 0 Å². The van der Waals surface area contributed by atoms with Crippen LogP contribution in [0, 0.1) is 0 Å². The van der Waals surface area contributed by atoms with Gasteiger partial charge in [-0.3, -0.25) is 4.84 Å². The van der Waals surface area contributed by atoms with E-state index in [1.54, 1.807) is 0 Å². The first-order valence-electron chi connectivity index (χ1n) is 4.93. The summed E-state index contributed by atoms with van der Waals surface area (Å²) in [6.07, 6.45) is 0. The first kappa shape index (κ1) is 14.6. The molecule has 0 radical (unpaired) electrons. The Bertz CT molecular complexity index is 496. The lowest BCUT2D eigenvalue weighted by Gasteiger charge is -2.06. The van der Waals surface area contributed by atoms with E-state index >= 15 is 0 Å². The maximum Gasteiger partial charge on any atom is 0.335 e. The molecule has 0 unspecified atom stereocenters. The van der Waals surface area contributed by atoms with Gasteiger partial charge in [-0.15, -0.1) is 0 Å². The topological polar surface area (TPSA) is 102 Å². The lowest BCUT2D eigenvalue weighted by atomic mass is 10.2. The number of aromatic carboxylic acids is 1. The predicted molar refractivity (Wildman–Crippen MR) is 61.6 cm³/mol. The molecular weight excluding hydrogens is 262 g/mol. The molecule has 0 amide bonds. The Morgan fingerprint density at radius 2 is 1.89 bits per heavy atom. The second-order valence-electron chi connectivity index (χ2n) is 3.26. The van der Waals surface area contributed by atoms with E-state index < -0.39 is 16.0 Å². The Hall–Kier alpha value is -1.48. The predicted octanol–water partition coefficient (Wildman–Crippen LogP) is 0.241. The number of hydrogen-bond acceptors (Lipinski definition) is 5. The van der Waals surface area contributed by atoms with E-state index in [0.717, 1.165) is 0 Å². The maximum atomic E-state index is 11.7. The average Bonchev–Trinajstić information content (AvgIpc) is 2.35. The molecule has 0 aromatic heterocycles. The summed E-state index contributed by atoms with van der Waals surface area (Å²) in [7, 11) is -2.34. The van der Waals surface area contributed by atoms with E-state index in [-0.39, 0.29) is 23.7 Å². The van der Waals surface area contributed by atoms with Gasteiger partial charge in [-0.05, 0) is 24.3 Å². The van der Waals surface area contributed by atoms with Crippen molar-refractivity contribution >= 4 is 16.0 Å². The molecule has 0 aliphatic heterocycles. The van der Waals surface area contributed by atoms with Crippen molar-refractivity contribution in [3.63, 3.8) is 0 Å². The van der Waals surface area contributed by atoms with Crippen molar-refractivity contribution in [2.45, 2.75) is 4.90 Å². The molecule has 0 saturated heterocycles. The van der Waals surface area contributed by atoms with E-state index in [1.807, 2.05) is 4.89 Å². The van der Waals surface area contributed by atoms with Crippen molar-refractivity contribution in [2.75, 3.05) is 20.3 Å². The van der Waals surface area contributed by atoms with Crippen molar-refractivity contribution in [3.8, 4) is 0 Å². The minimum Gasteiger partial charge on any atom is -0.478 e. The first-order chi connectivity index (χ1) is 8.47. The normalized spacial score (nSPS) is 11.4. The zero-order chi connectivity index (χ0) is 13.6. The molecular formula is C10H13NO6S. The number of carbonyl (C=O) groups is 1. The average molecular weight is 275 g/mol. The third kappa shape index (κ3) is 4.08. The molecule has 0 atom stereocenters. The summed E-state index contributed by atoms with van der Waals surface area (Å²) in [6.45, 7) is 0.323. The van der Waals surface area contributed by atoms with Gasteiger partial charge in [0, 0.05) is 7.11 Å². The number of nitrogens with one attached hydrogen (secondary N) is 1. The lowest BCUT2D eigenvalue weighted by molar-refractivity contribution is 0.0438. The van der Waals surface area contributed by atoms with Gasteiger partial charge in [0.1, 0.15) is 0 Å². The number of sulfonamides is 1. The Morgan fingerprint density at radius 3 is 2.39 bits per heavy atom. The second-order valence-corrected chi connectivity index (χ2v) is 4.90. The Kier molecular flexibility index (Phi) is 5.23. The number of carboxylic acid groups (broad SMARTS) is 1. The van der Waals surface area contributed by atoms with E-state index in [1.165, 1.54) is 31.4 Å². The van der Waals surface area contributed by atoms with Crippen LogP contribution >= 0.6 is 0 Å². The van der Waals surface area contributed by atoms with Crippen LogP contribution in [-0.2, 0) is 19.6 Å². The molecule has 0 bridgehead atoms. The monoisotopic (exact) mass is 275 g/mol. The quantitative estimate of drug-likeness (QED) is 0.546. The second kappa shape index (κ2) is 6.45. The number of rotatable bonds is 7. The number of ether oxygens (including phenoxy) is 1. The van der Waals surface area contributed by atoms with Gasteiger partial charge in [-0.1, -0.05) is 4.89 Å². The van der Waals surface area contributed by atoms with Crippen LogP contribution in [0.2, 0.25) is 0 Å². The van der Waals surface area contributed by atoms with Gasteiger partial charge in [0.2, 0.25) is 0 Å². The van der Waals surface area contributed by atoms with Crippen molar-refractivity contribution in [2.24, 2.45) is 0 Å². The molecule has 0 fully saturated rings. The molecule has 1 rings (SSSR count). The van der Waals surface area contributed by atoms with Gasteiger partial charge in [-0.2, -0.15) is 0 Å². The van der Waals surface area contributed by atoms with Crippen LogP contribution in [0.3, 0.4) is 0 Å². The third-order valence-corrected chi connectivity index (χ3v) is 3.20. The summed E-state index contributed by atoms with van der Waals surface area (Å²) >= 11 is 0. The highest BCUT2D eigenvalue weighted by molar-refractivity contribution is 7.89. The molecule has 18 heavy (non-hydrogen) atoms. The smallest absolute Gasteiger partial charge is 0.335 e. The minimum absolute atomic E-state index is 0.00857. The summed E-state index contributed by atoms with van der Waals surface area (Å²) in [5.41, 5.74) is 0.00857. The fourth-order valence-corrected chi connectivity index (χ4v) is 1.90. The fourth-order valence-electron chi connectivity index (χ4n) is 1.07. The van der Waals surface area contributed by atoms with Crippen LogP contribution < -0.4 is 4.89 Å². The summed E-state index contributed by atoms with van der Waals surface area (Å²) in [4.78, 5) is 17.1. The Balaban J connectivity index is 2.70.